The summed E-state index contributed by atoms with van der Waals surface area (Å²) in [7, 11) is 0. The Morgan fingerprint density at radius 1 is 1.20 bits per heavy atom. The van der Waals surface area contributed by atoms with Crippen molar-refractivity contribution in [3.8, 4) is 0 Å². The van der Waals surface area contributed by atoms with E-state index in [0.29, 0.717) is 5.41 Å². The van der Waals surface area contributed by atoms with Crippen molar-refractivity contribution >= 4 is 5.91 Å². The Kier molecular flexibility index (Phi) is 3.01. The second-order valence-corrected chi connectivity index (χ2v) is 5.32. The zero-order valence-corrected chi connectivity index (χ0v) is 9.67. The molecule has 0 radical (unpaired) electrons. The molecule has 86 valence electrons. The van der Waals surface area contributed by atoms with Gasteiger partial charge in [0, 0.05) is 13.1 Å². The maximum atomic E-state index is 11.7. The normalized spacial score (nSPS) is 26.9. The molecular weight excluding hydrogens is 188 g/mol. The quantitative estimate of drug-likeness (QED) is 0.713. The van der Waals surface area contributed by atoms with Crippen LogP contribution in [0, 0.1) is 5.41 Å². The molecule has 2 aliphatic rings. The summed E-state index contributed by atoms with van der Waals surface area (Å²) < 4.78 is 0. The van der Waals surface area contributed by atoms with E-state index in [1.807, 2.05) is 4.90 Å². The second-order valence-electron chi connectivity index (χ2n) is 5.32. The number of piperidine rings is 1. The highest BCUT2D eigenvalue weighted by Gasteiger charge is 2.38. The van der Waals surface area contributed by atoms with Crippen LogP contribution in [0.15, 0.2) is 0 Å². The van der Waals surface area contributed by atoms with Gasteiger partial charge >= 0.3 is 0 Å². The van der Waals surface area contributed by atoms with Gasteiger partial charge in [0.2, 0.25) is 5.91 Å². The van der Waals surface area contributed by atoms with Gasteiger partial charge in [-0.1, -0.05) is 12.8 Å². The molecule has 0 aromatic rings. The van der Waals surface area contributed by atoms with Crippen molar-refractivity contribution in [3.05, 3.63) is 0 Å². The Bertz CT molecular complexity index is 234. The fourth-order valence-electron chi connectivity index (χ4n) is 3.11. The largest absolute Gasteiger partial charge is 0.341 e. The lowest BCUT2D eigenvalue weighted by molar-refractivity contribution is -0.134. The standard InChI is InChI=1S/C12H22N2O/c1-10(13)11(15)14-8-6-12(7-9-14)4-2-3-5-12/h10H,2-9,13H2,1H3/t10-/m0/s1. The molecule has 1 heterocycles. The Morgan fingerprint density at radius 2 is 1.73 bits per heavy atom. The van der Waals surface area contributed by atoms with Gasteiger partial charge in [-0.05, 0) is 38.0 Å². The first-order valence-electron chi connectivity index (χ1n) is 6.17. The third kappa shape index (κ3) is 2.17. The molecule has 3 nitrogen and oxygen atoms in total. The fourth-order valence-corrected chi connectivity index (χ4v) is 3.11. The van der Waals surface area contributed by atoms with E-state index >= 15 is 0 Å². The number of nitrogens with zero attached hydrogens (tertiary/aromatic N) is 1. The first kappa shape index (κ1) is 10.9. The summed E-state index contributed by atoms with van der Waals surface area (Å²) in [6, 6.07) is -0.331. The van der Waals surface area contributed by atoms with Gasteiger partial charge in [0.05, 0.1) is 6.04 Å². The molecule has 15 heavy (non-hydrogen) atoms. The monoisotopic (exact) mass is 210 g/mol. The van der Waals surface area contributed by atoms with Crippen LogP contribution in [0.2, 0.25) is 0 Å². The van der Waals surface area contributed by atoms with Gasteiger partial charge < -0.3 is 10.6 Å². The predicted octanol–water partition coefficient (Wildman–Crippen LogP) is 1.52. The van der Waals surface area contributed by atoms with Crippen molar-refractivity contribution in [2.45, 2.75) is 51.5 Å². The molecule has 2 fully saturated rings. The van der Waals surface area contributed by atoms with Crippen LogP contribution in [0.25, 0.3) is 0 Å². The number of rotatable bonds is 1. The van der Waals surface area contributed by atoms with E-state index in [2.05, 4.69) is 0 Å². The number of hydrogen-bond donors (Lipinski definition) is 1. The highest BCUT2D eigenvalue weighted by atomic mass is 16.2. The predicted molar refractivity (Wildman–Crippen MR) is 60.4 cm³/mol. The molecule has 2 rings (SSSR count). The number of amides is 1. The van der Waals surface area contributed by atoms with E-state index in [-0.39, 0.29) is 11.9 Å². The first-order valence-corrected chi connectivity index (χ1v) is 6.17. The zero-order chi connectivity index (χ0) is 10.9. The van der Waals surface area contributed by atoms with Crippen LogP contribution in [-0.2, 0) is 4.79 Å². The van der Waals surface area contributed by atoms with Crippen LogP contribution >= 0.6 is 0 Å². The topological polar surface area (TPSA) is 46.3 Å². The molecule has 0 aromatic heterocycles. The minimum atomic E-state index is -0.331. The van der Waals surface area contributed by atoms with Crippen molar-refractivity contribution in [3.63, 3.8) is 0 Å². The highest BCUT2D eigenvalue weighted by molar-refractivity contribution is 5.81. The molecule has 1 saturated heterocycles. The Balaban J connectivity index is 1.89. The van der Waals surface area contributed by atoms with Crippen molar-refractivity contribution in [2.75, 3.05) is 13.1 Å². The van der Waals surface area contributed by atoms with E-state index in [1.54, 1.807) is 6.92 Å². The lowest BCUT2D eigenvalue weighted by atomic mass is 9.77. The highest BCUT2D eigenvalue weighted by Crippen LogP contribution is 2.46. The van der Waals surface area contributed by atoms with E-state index in [4.69, 9.17) is 5.73 Å². The molecule has 0 aromatic carbocycles. The van der Waals surface area contributed by atoms with Gasteiger partial charge in [0.15, 0.2) is 0 Å². The first-order chi connectivity index (χ1) is 7.13. The molecule has 1 saturated carbocycles. The van der Waals surface area contributed by atoms with Crippen LogP contribution in [0.4, 0.5) is 0 Å². The number of carbonyl (C=O) groups is 1. The van der Waals surface area contributed by atoms with Gasteiger partial charge in [-0.3, -0.25) is 4.79 Å². The Labute approximate surface area is 92.0 Å². The van der Waals surface area contributed by atoms with Crippen molar-refractivity contribution in [2.24, 2.45) is 11.1 Å². The van der Waals surface area contributed by atoms with E-state index in [1.165, 1.54) is 38.5 Å². The maximum Gasteiger partial charge on any atom is 0.239 e. The van der Waals surface area contributed by atoms with E-state index in [9.17, 15) is 4.79 Å². The summed E-state index contributed by atoms with van der Waals surface area (Å²) in [5.41, 5.74) is 6.21. The van der Waals surface area contributed by atoms with Crippen molar-refractivity contribution in [1.29, 1.82) is 0 Å². The minimum Gasteiger partial charge on any atom is -0.341 e. The molecule has 2 N–H and O–H groups in total. The summed E-state index contributed by atoms with van der Waals surface area (Å²) in [6.45, 7) is 3.64. The number of hydrogen-bond acceptors (Lipinski definition) is 2. The van der Waals surface area contributed by atoms with Gasteiger partial charge in [-0.2, -0.15) is 0 Å². The molecule has 1 aliphatic heterocycles. The summed E-state index contributed by atoms with van der Waals surface area (Å²) in [5, 5.41) is 0. The minimum absolute atomic E-state index is 0.128. The average Bonchev–Trinajstić information content (AvgIpc) is 2.67. The van der Waals surface area contributed by atoms with Gasteiger partial charge in [0.25, 0.3) is 0 Å². The fraction of sp³-hybridized carbons (Fsp3) is 0.917. The SMILES string of the molecule is C[C@H](N)C(=O)N1CCC2(CCCC2)CC1. The molecule has 0 unspecified atom stereocenters. The lowest BCUT2D eigenvalue weighted by Crippen LogP contribution is -2.47. The van der Waals surface area contributed by atoms with E-state index in [0.717, 1.165) is 13.1 Å². The van der Waals surface area contributed by atoms with Crippen molar-refractivity contribution in [1.82, 2.24) is 4.90 Å². The lowest BCUT2D eigenvalue weighted by Gasteiger charge is -2.39. The summed E-state index contributed by atoms with van der Waals surface area (Å²) in [4.78, 5) is 13.7. The number of likely N-dealkylation sites (tertiary alicyclic amines) is 1. The van der Waals surface area contributed by atoms with Crippen LogP contribution < -0.4 is 5.73 Å². The van der Waals surface area contributed by atoms with E-state index < -0.39 is 0 Å². The van der Waals surface area contributed by atoms with Crippen LogP contribution in [0.3, 0.4) is 0 Å². The molecule has 1 aliphatic carbocycles. The van der Waals surface area contributed by atoms with Crippen LogP contribution in [-0.4, -0.2) is 29.9 Å². The second kappa shape index (κ2) is 4.12. The molecular formula is C12H22N2O. The van der Waals surface area contributed by atoms with Crippen molar-refractivity contribution < 1.29 is 4.79 Å². The molecule has 1 atom stereocenters. The number of nitrogens with two attached hydrogens (primary N) is 1. The molecule has 3 heteroatoms. The number of carbonyl (C=O) groups excluding carboxylic acids is 1. The van der Waals surface area contributed by atoms with Crippen LogP contribution in [0.1, 0.15) is 45.4 Å². The third-order valence-corrected chi connectivity index (χ3v) is 4.19. The van der Waals surface area contributed by atoms with Gasteiger partial charge in [-0.25, -0.2) is 0 Å². The van der Waals surface area contributed by atoms with Crippen LogP contribution in [0.5, 0.6) is 0 Å². The summed E-state index contributed by atoms with van der Waals surface area (Å²) in [6.07, 6.45) is 7.94. The zero-order valence-electron chi connectivity index (χ0n) is 9.67. The summed E-state index contributed by atoms with van der Waals surface area (Å²) in [5.74, 6) is 0.128. The average molecular weight is 210 g/mol. The van der Waals surface area contributed by atoms with Gasteiger partial charge in [-0.15, -0.1) is 0 Å². The molecule has 1 spiro atoms. The Morgan fingerprint density at radius 3 is 2.20 bits per heavy atom. The molecule has 1 amide bonds. The summed E-state index contributed by atoms with van der Waals surface area (Å²) >= 11 is 0. The third-order valence-electron chi connectivity index (χ3n) is 4.19. The maximum absolute atomic E-state index is 11.7. The van der Waals surface area contributed by atoms with Gasteiger partial charge in [0.1, 0.15) is 0 Å². The molecule has 0 bridgehead atoms. The Hall–Kier alpha value is -0.570. The smallest absolute Gasteiger partial charge is 0.239 e.